The van der Waals surface area contributed by atoms with E-state index in [0.29, 0.717) is 0 Å². The van der Waals surface area contributed by atoms with Crippen molar-refractivity contribution < 1.29 is 0 Å². The maximum Gasteiger partial charge on any atom is 0.0464 e. The summed E-state index contributed by atoms with van der Waals surface area (Å²) in [5.74, 6) is 0. The second kappa shape index (κ2) is 13.2. The number of hydrogen-bond donors (Lipinski definition) is 0. The molecule has 7 rings (SSSR count). The van der Waals surface area contributed by atoms with Gasteiger partial charge in [0.25, 0.3) is 0 Å². The van der Waals surface area contributed by atoms with Crippen LogP contribution in [0, 0.1) is 0 Å². The molecule has 0 N–H and O–H groups in total. The number of rotatable bonds is 8. The third-order valence-electron chi connectivity index (χ3n) is 9.04. The fraction of sp³-hybridized carbons (Fsp3) is 0.136. The van der Waals surface area contributed by atoms with Crippen LogP contribution in [0.1, 0.15) is 53.1 Å². The van der Waals surface area contributed by atoms with Crippen LogP contribution in [0.4, 0.5) is 17.1 Å². The van der Waals surface area contributed by atoms with E-state index in [2.05, 4.69) is 170 Å². The van der Waals surface area contributed by atoms with Crippen molar-refractivity contribution in [1.29, 1.82) is 0 Å². The van der Waals surface area contributed by atoms with Crippen LogP contribution in [0.3, 0.4) is 0 Å². The average Bonchev–Trinajstić information content (AvgIpc) is 3.12. The van der Waals surface area contributed by atoms with Crippen LogP contribution in [0.2, 0.25) is 0 Å². The first-order valence-electron chi connectivity index (χ1n) is 16.3. The number of hydrogen-bond acceptors (Lipinski definition) is 1. The van der Waals surface area contributed by atoms with E-state index in [1.807, 2.05) is 0 Å². The van der Waals surface area contributed by atoms with Gasteiger partial charge in [-0.05, 0) is 125 Å². The Balaban J connectivity index is 1.26. The molecule has 0 aromatic heterocycles. The lowest BCUT2D eigenvalue weighted by atomic mass is 9.91. The summed E-state index contributed by atoms with van der Waals surface area (Å²) in [7, 11) is 0. The van der Waals surface area contributed by atoms with Crippen molar-refractivity contribution in [3.63, 3.8) is 0 Å². The lowest BCUT2D eigenvalue weighted by Gasteiger charge is -2.28. The molecule has 0 fully saturated rings. The Morgan fingerprint density at radius 2 is 1.04 bits per heavy atom. The first-order valence-corrected chi connectivity index (χ1v) is 16.3. The largest absolute Gasteiger partial charge is 0.310 e. The van der Waals surface area contributed by atoms with E-state index in [9.17, 15) is 0 Å². The molecule has 0 spiro atoms. The third kappa shape index (κ3) is 6.40. The van der Waals surface area contributed by atoms with Crippen molar-refractivity contribution in [2.24, 2.45) is 0 Å². The van der Waals surface area contributed by atoms with E-state index in [1.165, 1.54) is 75.0 Å². The van der Waals surface area contributed by atoms with Crippen molar-refractivity contribution in [3.05, 3.63) is 185 Å². The molecule has 1 nitrogen and oxygen atoms in total. The predicted molar refractivity (Wildman–Crippen MR) is 192 cm³/mol. The van der Waals surface area contributed by atoms with Crippen LogP contribution in [0.15, 0.2) is 152 Å². The monoisotopic (exact) mass is 581 g/mol. The van der Waals surface area contributed by atoms with E-state index in [4.69, 9.17) is 0 Å². The molecule has 0 unspecified atom stereocenters. The van der Waals surface area contributed by atoms with Gasteiger partial charge in [-0.1, -0.05) is 122 Å². The van der Waals surface area contributed by atoms with Gasteiger partial charge in [-0.3, -0.25) is 0 Å². The lowest BCUT2D eigenvalue weighted by Crippen LogP contribution is -2.12. The van der Waals surface area contributed by atoms with Gasteiger partial charge < -0.3 is 4.90 Å². The highest BCUT2D eigenvalue weighted by Gasteiger charge is 2.17. The van der Waals surface area contributed by atoms with Gasteiger partial charge in [-0.2, -0.15) is 0 Å². The van der Waals surface area contributed by atoms with Gasteiger partial charge in [0, 0.05) is 17.1 Å². The van der Waals surface area contributed by atoms with Crippen molar-refractivity contribution in [2.45, 2.75) is 39.0 Å². The van der Waals surface area contributed by atoms with Crippen LogP contribution in [-0.2, 0) is 19.3 Å². The summed E-state index contributed by atoms with van der Waals surface area (Å²) in [6.07, 6.45) is 8.27. The first-order chi connectivity index (χ1) is 22.2. The molecule has 0 radical (unpaired) electrons. The molecule has 0 aliphatic heterocycles. The summed E-state index contributed by atoms with van der Waals surface area (Å²) >= 11 is 0. The second-order valence-electron chi connectivity index (χ2n) is 12.0. The molecule has 6 aromatic rings. The summed E-state index contributed by atoms with van der Waals surface area (Å²) in [6, 6.07) is 55.4. The number of fused-ring (bicyclic) bond motifs is 1. The molecule has 0 saturated carbocycles. The molecule has 1 aliphatic rings. The van der Waals surface area contributed by atoms with E-state index in [1.54, 1.807) is 0 Å². The number of anilines is 3. The topological polar surface area (TPSA) is 3.24 Å². The molecular formula is C44H39N. The standard InChI is InChI=1S/C44H39N/c1-2-33-17-21-36(22-18-33)37-23-28-42(29-24-37)45(43-30-25-35-11-9-10-16-40(35)32-43)41-26-19-34(20-27-41)31-44(38-12-5-3-6-13-38)39-14-7-4-8-15-39/h3-8,12-15,17-32H,2,9-11,16H2,1H3. The van der Waals surface area contributed by atoms with Crippen LogP contribution < -0.4 is 4.90 Å². The summed E-state index contributed by atoms with van der Waals surface area (Å²) in [6.45, 7) is 2.20. The fourth-order valence-corrected chi connectivity index (χ4v) is 6.50. The van der Waals surface area contributed by atoms with Gasteiger partial charge in [-0.25, -0.2) is 0 Å². The zero-order valence-electron chi connectivity index (χ0n) is 26.0. The lowest BCUT2D eigenvalue weighted by molar-refractivity contribution is 0.685. The SMILES string of the molecule is CCc1ccc(-c2ccc(N(c3ccc(C=C(c4ccccc4)c4ccccc4)cc3)c3ccc4c(c3)CCCC4)cc2)cc1. The zero-order chi connectivity index (χ0) is 30.4. The van der Waals surface area contributed by atoms with Crippen LogP contribution in [0.5, 0.6) is 0 Å². The molecule has 0 saturated heterocycles. The molecule has 45 heavy (non-hydrogen) atoms. The maximum absolute atomic E-state index is 2.42. The van der Waals surface area contributed by atoms with Crippen LogP contribution in [-0.4, -0.2) is 0 Å². The Kier molecular flexibility index (Phi) is 8.42. The highest BCUT2D eigenvalue weighted by molar-refractivity contribution is 5.91. The number of nitrogens with zero attached hydrogens (tertiary/aromatic N) is 1. The number of benzene rings is 6. The molecular weight excluding hydrogens is 542 g/mol. The van der Waals surface area contributed by atoms with Crippen LogP contribution >= 0.6 is 0 Å². The van der Waals surface area contributed by atoms with E-state index in [-0.39, 0.29) is 0 Å². The molecule has 1 aliphatic carbocycles. The van der Waals surface area contributed by atoms with Gasteiger partial charge >= 0.3 is 0 Å². The quantitative estimate of drug-likeness (QED) is 0.162. The minimum absolute atomic E-state index is 1.06. The fourth-order valence-electron chi connectivity index (χ4n) is 6.50. The number of aryl methyl sites for hydroxylation is 3. The van der Waals surface area contributed by atoms with Crippen molar-refractivity contribution in [1.82, 2.24) is 0 Å². The second-order valence-corrected chi connectivity index (χ2v) is 12.0. The minimum atomic E-state index is 1.06. The highest BCUT2D eigenvalue weighted by Crippen LogP contribution is 2.38. The zero-order valence-corrected chi connectivity index (χ0v) is 26.0. The van der Waals surface area contributed by atoms with E-state index < -0.39 is 0 Å². The normalized spacial score (nSPS) is 12.3. The third-order valence-corrected chi connectivity index (χ3v) is 9.04. The Labute approximate surface area is 268 Å². The predicted octanol–water partition coefficient (Wildman–Crippen LogP) is 11.9. The van der Waals surface area contributed by atoms with Gasteiger partial charge in [0.2, 0.25) is 0 Å². The molecule has 0 bridgehead atoms. The summed E-state index contributed by atoms with van der Waals surface area (Å²) < 4.78 is 0. The minimum Gasteiger partial charge on any atom is -0.310 e. The van der Waals surface area contributed by atoms with Gasteiger partial charge in [-0.15, -0.1) is 0 Å². The van der Waals surface area contributed by atoms with E-state index >= 15 is 0 Å². The first kappa shape index (κ1) is 28.6. The van der Waals surface area contributed by atoms with Crippen LogP contribution in [0.25, 0.3) is 22.8 Å². The van der Waals surface area contributed by atoms with Gasteiger partial charge in [0.15, 0.2) is 0 Å². The maximum atomic E-state index is 2.42. The summed E-state index contributed by atoms with van der Waals surface area (Å²) in [5.41, 5.74) is 15.2. The molecule has 0 amide bonds. The summed E-state index contributed by atoms with van der Waals surface area (Å²) in [5, 5.41) is 0. The van der Waals surface area contributed by atoms with Crippen molar-refractivity contribution >= 4 is 28.7 Å². The van der Waals surface area contributed by atoms with Crippen molar-refractivity contribution in [3.8, 4) is 11.1 Å². The molecule has 0 heterocycles. The van der Waals surface area contributed by atoms with E-state index in [0.717, 1.165) is 24.2 Å². The average molecular weight is 582 g/mol. The molecule has 0 atom stereocenters. The van der Waals surface area contributed by atoms with Crippen molar-refractivity contribution in [2.75, 3.05) is 4.90 Å². The Bertz CT molecular complexity index is 1840. The van der Waals surface area contributed by atoms with Gasteiger partial charge in [0.05, 0.1) is 0 Å². The smallest absolute Gasteiger partial charge is 0.0464 e. The Morgan fingerprint density at radius 3 is 1.62 bits per heavy atom. The molecule has 1 heteroatoms. The Hall–Kier alpha value is -5.14. The molecule has 6 aromatic carbocycles. The van der Waals surface area contributed by atoms with Gasteiger partial charge in [0.1, 0.15) is 0 Å². The molecule has 220 valence electrons. The Morgan fingerprint density at radius 1 is 0.533 bits per heavy atom. The summed E-state index contributed by atoms with van der Waals surface area (Å²) in [4.78, 5) is 2.40. The highest BCUT2D eigenvalue weighted by atomic mass is 15.1.